The number of halogens is 1. The minimum atomic E-state index is -1.01. The standard InChI is InChI=1S/C14H14FN3O2S/c1-7-12(21-8(2)17-7)14(20)18-11(13(16)19)9-3-5-10(15)6-4-9/h3-6,11H,1-2H3,(H2,16,19)(H,18,20). The van der Waals surface area contributed by atoms with E-state index in [9.17, 15) is 14.0 Å². The third-order valence-corrected chi connectivity index (χ3v) is 3.94. The molecule has 1 aromatic heterocycles. The average Bonchev–Trinajstić information content (AvgIpc) is 2.76. The number of amides is 2. The van der Waals surface area contributed by atoms with Gasteiger partial charge in [-0.05, 0) is 31.5 Å². The summed E-state index contributed by atoms with van der Waals surface area (Å²) in [6.07, 6.45) is 0. The van der Waals surface area contributed by atoms with Gasteiger partial charge in [-0.1, -0.05) is 12.1 Å². The number of rotatable bonds is 4. The van der Waals surface area contributed by atoms with Crippen molar-refractivity contribution in [1.82, 2.24) is 10.3 Å². The van der Waals surface area contributed by atoms with Crippen LogP contribution in [0.3, 0.4) is 0 Å². The Hall–Kier alpha value is -2.28. The lowest BCUT2D eigenvalue weighted by Crippen LogP contribution is -2.37. The van der Waals surface area contributed by atoms with E-state index in [2.05, 4.69) is 10.3 Å². The van der Waals surface area contributed by atoms with Gasteiger partial charge in [0.2, 0.25) is 5.91 Å². The summed E-state index contributed by atoms with van der Waals surface area (Å²) in [4.78, 5) is 28.3. The molecule has 2 aromatic rings. The first-order valence-corrected chi connectivity index (χ1v) is 7.00. The number of hydrogen-bond acceptors (Lipinski definition) is 4. The molecule has 0 bridgehead atoms. The number of aryl methyl sites for hydroxylation is 2. The van der Waals surface area contributed by atoms with Crippen molar-refractivity contribution in [2.45, 2.75) is 19.9 Å². The molecule has 7 heteroatoms. The van der Waals surface area contributed by atoms with E-state index < -0.39 is 23.7 Å². The monoisotopic (exact) mass is 307 g/mol. The van der Waals surface area contributed by atoms with Gasteiger partial charge in [-0.2, -0.15) is 0 Å². The fourth-order valence-electron chi connectivity index (χ4n) is 1.91. The van der Waals surface area contributed by atoms with Crippen LogP contribution in [0.25, 0.3) is 0 Å². The summed E-state index contributed by atoms with van der Waals surface area (Å²) in [5.74, 6) is -1.57. The molecule has 0 saturated carbocycles. The van der Waals surface area contributed by atoms with Crippen molar-refractivity contribution in [3.05, 3.63) is 51.2 Å². The van der Waals surface area contributed by atoms with Gasteiger partial charge in [0.1, 0.15) is 16.7 Å². The number of aromatic nitrogens is 1. The molecule has 0 fully saturated rings. The van der Waals surface area contributed by atoms with Crippen molar-refractivity contribution in [3.8, 4) is 0 Å². The van der Waals surface area contributed by atoms with Gasteiger partial charge >= 0.3 is 0 Å². The number of nitrogens with zero attached hydrogens (tertiary/aromatic N) is 1. The van der Waals surface area contributed by atoms with Gasteiger partial charge in [-0.15, -0.1) is 11.3 Å². The number of primary amides is 1. The van der Waals surface area contributed by atoms with Crippen LogP contribution in [-0.2, 0) is 4.79 Å². The maximum absolute atomic E-state index is 12.9. The van der Waals surface area contributed by atoms with Gasteiger partial charge in [0.25, 0.3) is 5.91 Å². The highest BCUT2D eigenvalue weighted by molar-refractivity contribution is 7.13. The quantitative estimate of drug-likeness (QED) is 0.904. The highest BCUT2D eigenvalue weighted by Gasteiger charge is 2.23. The molecule has 1 heterocycles. The predicted molar refractivity (Wildman–Crippen MR) is 77.4 cm³/mol. The molecule has 110 valence electrons. The second-order valence-electron chi connectivity index (χ2n) is 4.51. The molecule has 1 unspecified atom stereocenters. The van der Waals surface area contributed by atoms with Crippen molar-refractivity contribution in [2.75, 3.05) is 0 Å². The van der Waals surface area contributed by atoms with Crippen LogP contribution >= 0.6 is 11.3 Å². The molecule has 0 radical (unpaired) electrons. The topological polar surface area (TPSA) is 85.1 Å². The fraction of sp³-hybridized carbons (Fsp3) is 0.214. The summed E-state index contributed by atoms with van der Waals surface area (Å²) in [7, 11) is 0. The molecule has 2 rings (SSSR count). The normalized spacial score (nSPS) is 12.0. The Morgan fingerprint density at radius 3 is 2.38 bits per heavy atom. The van der Waals surface area contributed by atoms with Crippen LogP contribution in [0.5, 0.6) is 0 Å². The van der Waals surface area contributed by atoms with E-state index in [1.165, 1.54) is 35.6 Å². The summed E-state index contributed by atoms with van der Waals surface area (Å²) in [6.45, 7) is 3.51. The SMILES string of the molecule is Cc1nc(C)c(C(=O)NC(C(N)=O)c2ccc(F)cc2)s1. The Balaban J connectivity index is 2.24. The van der Waals surface area contributed by atoms with Crippen LogP contribution in [0.1, 0.15) is 32.0 Å². The minimum absolute atomic E-state index is 0.425. The van der Waals surface area contributed by atoms with Gasteiger partial charge in [-0.3, -0.25) is 9.59 Å². The molecule has 0 aliphatic rings. The number of hydrogen-bond donors (Lipinski definition) is 2. The van der Waals surface area contributed by atoms with E-state index in [1.807, 2.05) is 0 Å². The summed E-state index contributed by atoms with van der Waals surface area (Å²) in [5, 5.41) is 3.32. The number of nitrogens with one attached hydrogen (secondary N) is 1. The molecule has 2 amide bonds. The van der Waals surface area contributed by atoms with Gasteiger partial charge < -0.3 is 11.1 Å². The van der Waals surface area contributed by atoms with Gasteiger partial charge in [-0.25, -0.2) is 9.37 Å². The first-order valence-electron chi connectivity index (χ1n) is 6.18. The molecule has 1 atom stereocenters. The molecule has 5 nitrogen and oxygen atoms in total. The number of thiazole rings is 1. The van der Waals surface area contributed by atoms with Crippen LogP contribution in [-0.4, -0.2) is 16.8 Å². The van der Waals surface area contributed by atoms with E-state index in [0.29, 0.717) is 16.1 Å². The van der Waals surface area contributed by atoms with Crippen LogP contribution in [0, 0.1) is 19.7 Å². The van der Waals surface area contributed by atoms with E-state index in [0.717, 1.165) is 5.01 Å². The van der Waals surface area contributed by atoms with E-state index in [4.69, 9.17) is 5.73 Å². The van der Waals surface area contributed by atoms with Crippen LogP contribution in [0.2, 0.25) is 0 Å². The summed E-state index contributed by atoms with van der Waals surface area (Å²) >= 11 is 1.24. The van der Waals surface area contributed by atoms with Gasteiger partial charge in [0.05, 0.1) is 10.7 Å². The first kappa shape index (κ1) is 15.1. The average molecular weight is 307 g/mol. The molecule has 1 aromatic carbocycles. The smallest absolute Gasteiger partial charge is 0.264 e. The van der Waals surface area contributed by atoms with Crippen molar-refractivity contribution >= 4 is 23.2 Å². The maximum atomic E-state index is 12.9. The number of carbonyl (C=O) groups is 2. The van der Waals surface area contributed by atoms with Crippen molar-refractivity contribution in [2.24, 2.45) is 5.73 Å². The van der Waals surface area contributed by atoms with Crippen molar-refractivity contribution in [3.63, 3.8) is 0 Å². The zero-order valence-corrected chi connectivity index (χ0v) is 12.3. The second-order valence-corrected chi connectivity index (χ2v) is 5.71. The Morgan fingerprint density at radius 2 is 1.90 bits per heavy atom. The Bertz CT molecular complexity index is 682. The highest BCUT2D eigenvalue weighted by Crippen LogP contribution is 2.19. The summed E-state index contributed by atoms with van der Waals surface area (Å²) < 4.78 is 12.9. The zero-order valence-electron chi connectivity index (χ0n) is 11.5. The Morgan fingerprint density at radius 1 is 1.29 bits per heavy atom. The number of benzene rings is 1. The lowest BCUT2D eigenvalue weighted by Gasteiger charge is -2.15. The van der Waals surface area contributed by atoms with Crippen LogP contribution < -0.4 is 11.1 Å². The van der Waals surface area contributed by atoms with Crippen LogP contribution in [0.15, 0.2) is 24.3 Å². The first-order chi connectivity index (χ1) is 9.88. The lowest BCUT2D eigenvalue weighted by atomic mass is 10.1. The Labute approximate surface area is 125 Å². The van der Waals surface area contributed by atoms with E-state index in [-0.39, 0.29) is 0 Å². The second kappa shape index (κ2) is 6.01. The largest absolute Gasteiger partial charge is 0.368 e. The lowest BCUT2D eigenvalue weighted by molar-refractivity contribution is -0.120. The molecule has 0 aliphatic heterocycles. The van der Waals surface area contributed by atoms with Gasteiger partial charge in [0.15, 0.2) is 0 Å². The number of nitrogens with two attached hydrogens (primary N) is 1. The zero-order chi connectivity index (χ0) is 15.6. The van der Waals surface area contributed by atoms with E-state index >= 15 is 0 Å². The highest BCUT2D eigenvalue weighted by atomic mass is 32.1. The van der Waals surface area contributed by atoms with E-state index in [1.54, 1.807) is 13.8 Å². The number of carbonyl (C=O) groups excluding carboxylic acids is 2. The molecular weight excluding hydrogens is 293 g/mol. The van der Waals surface area contributed by atoms with Crippen LogP contribution in [0.4, 0.5) is 4.39 Å². The Kier molecular flexibility index (Phi) is 4.32. The molecule has 3 N–H and O–H groups in total. The molecule has 0 spiro atoms. The molecule has 21 heavy (non-hydrogen) atoms. The molecule has 0 aliphatic carbocycles. The summed E-state index contributed by atoms with van der Waals surface area (Å²) in [6, 6.07) is 4.23. The molecular formula is C14H14FN3O2S. The van der Waals surface area contributed by atoms with Gasteiger partial charge in [0, 0.05) is 0 Å². The third-order valence-electron chi connectivity index (χ3n) is 2.87. The predicted octanol–water partition coefficient (Wildman–Crippen LogP) is 1.86. The summed E-state index contributed by atoms with van der Waals surface area (Å²) in [5.41, 5.74) is 6.34. The van der Waals surface area contributed by atoms with Crippen molar-refractivity contribution < 1.29 is 14.0 Å². The maximum Gasteiger partial charge on any atom is 0.264 e. The fourth-order valence-corrected chi connectivity index (χ4v) is 2.74. The minimum Gasteiger partial charge on any atom is -0.368 e. The third kappa shape index (κ3) is 3.43. The van der Waals surface area contributed by atoms with Crippen molar-refractivity contribution in [1.29, 1.82) is 0 Å². The molecule has 0 saturated heterocycles.